The zero-order valence-corrected chi connectivity index (χ0v) is 15.2. The first kappa shape index (κ1) is 18.1. The molecule has 28 heavy (non-hydrogen) atoms. The third-order valence-corrected chi connectivity index (χ3v) is 4.58. The molecule has 0 aliphatic rings. The molecule has 6 heteroatoms. The molecule has 0 aliphatic heterocycles. The third-order valence-electron chi connectivity index (χ3n) is 4.26. The van der Waals surface area contributed by atoms with Crippen LogP contribution in [0.4, 0.5) is 8.78 Å². The van der Waals surface area contributed by atoms with Crippen LogP contribution in [0.1, 0.15) is 11.4 Å². The normalized spacial score (nSPS) is 11.4. The maximum Gasteiger partial charge on any atom is 0.266 e. The van der Waals surface area contributed by atoms with Gasteiger partial charge in [-0.3, -0.25) is 9.36 Å². The summed E-state index contributed by atoms with van der Waals surface area (Å²) in [6.07, 6.45) is 3.14. The highest BCUT2D eigenvalue weighted by molar-refractivity contribution is 6.32. The Bertz CT molecular complexity index is 1280. The van der Waals surface area contributed by atoms with E-state index in [-0.39, 0.29) is 5.56 Å². The van der Waals surface area contributed by atoms with E-state index in [1.54, 1.807) is 60.7 Å². The summed E-state index contributed by atoms with van der Waals surface area (Å²) in [7, 11) is 0. The lowest BCUT2D eigenvalue weighted by molar-refractivity contribution is 0.508. The van der Waals surface area contributed by atoms with Crippen LogP contribution in [0.3, 0.4) is 0 Å². The SMILES string of the molecule is O=c1c2ccccc2nc(/C=C\c2ccc(F)c(F)c2)n1-c1ccccc1Cl. The first-order valence-electron chi connectivity index (χ1n) is 8.44. The average molecular weight is 395 g/mol. The standard InChI is InChI=1S/C22H13ClF2N2O/c23-16-6-2-4-8-20(16)27-21(12-10-14-9-11-17(24)18(25)13-14)26-19-7-3-1-5-15(19)22(27)28/h1-13H/b12-10-. The predicted octanol–water partition coefficient (Wildman–Crippen LogP) is 5.49. The zero-order valence-electron chi connectivity index (χ0n) is 14.4. The van der Waals surface area contributed by atoms with Crippen LogP contribution in [0, 0.1) is 11.6 Å². The van der Waals surface area contributed by atoms with Crippen molar-refractivity contribution in [1.29, 1.82) is 0 Å². The van der Waals surface area contributed by atoms with Gasteiger partial charge in [-0.1, -0.05) is 48.0 Å². The van der Waals surface area contributed by atoms with Gasteiger partial charge in [0.2, 0.25) is 0 Å². The first-order chi connectivity index (χ1) is 13.5. The quantitative estimate of drug-likeness (QED) is 0.460. The van der Waals surface area contributed by atoms with Crippen LogP contribution in [-0.2, 0) is 0 Å². The van der Waals surface area contributed by atoms with Crippen molar-refractivity contribution in [3.63, 3.8) is 0 Å². The molecule has 3 nitrogen and oxygen atoms in total. The number of aromatic nitrogens is 2. The molecule has 0 aliphatic carbocycles. The Morgan fingerprint density at radius 1 is 0.893 bits per heavy atom. The number of fused-ring (bicyclic) bond motifs is 1. The number of nitrogens with zero attached hydrogens (tertiary/aromatic N) is 2. The Morgan fingerprint density at radius 3 is 2.43 bits per heavy atom. The van der Waals surface area contributed by atoms with Gasteiger partial charge in [0.05, 0.1) is 21.6 Å². The van der Waals surface area contributed by atoms with E-state index in [9.17, 15) is 13.6 Å². The Hall–Kier alpha value is -3.31. The van der Waals surface area contributed by atoms with Gasteiger partial charge in [0.1, 0.15) is 5.82 Å². The second kappa shape index (κ2) is 7.37. The fourth-order valence-corrected chi connectivity index (χ4v) is 3.13. The molecule has 4 aromatic rings. The van der Waals surface area contributed by atoms with Gasteiger partial charge in [-0.15, -0.1) is 0 Å². The highest BCUT2D eigenvalue weighted by Gasteiger charge is 2.13. The number of halogens is 3. The number of benzene rings is 3. The van der Waals surface area contributed by atoms with Crippen LogP contribution >= 0.6 is 11.6 Å². The highest BCUT2D eigenvalue weighted by atomic mass is 35.5. The zero-order chi connectivity index (χ0) is 19.7. The summed E-state index contributed by atoms with van der Waals surface area (Å²) in [6.45, 7) is 0. The monoisotopic (exact) mass is 394 g/mol. The van der Waals surface area contributed by atoms with E-state index >= 15 is 0 Å². The van der Waals surface area contributed by atoms with E-state index in [2.05, 4.69) is 4.98 Å². The molecule has 0 fully saturated rings. The molecule has 0 amide bonds. The minimum atomic E-state index is -0.947. The molecule has 4 rings (SSSR count). The first-order valence-corrected chi connectivity index (χ1v) is 8.82. The van der Waals surface area contributed by atoms with E-state index in [0.717, 1.165) is 12.1 Å². The van der Waals surface area contributed by atoms with Gasteiger partial charge in [-0.2, -0.15) is 0 Å². The van der Waals surface area contributed by atoms with Crippen molar-refractivity contribution in [3.05, 3.63) is 105 Å². The molecule has 0 atom stereocenters. The lowest BCUT2D eigenvalue weighted by Gasteiger charge is -2.12. The van der Waals surface area contributed by atoms with Crippen LogP contribution in [-0.4, -0.2) is 9.55 Å². The Morgan fingerprint density at radius 2 is 1.64 bits per heavy atom. The van der Waals surface area contributed by atoms with Gasteiger partial charge in [0.25, 0.3) is 5.56 Å². The molecule has 3 aromatic carbocycles. The molecular weight excluding hydrogens is 382 g/mol. The van der Waals surface area contributed by atoms with Crippen molar-refractivity contribution >= 4 is 34.7 Å². The Labute approximate surface area is 164 Å². The number of hydrogen-bond acceptors (Lipinski definition) is 2. The molecule has 0 N–H and O–H groups in total. The van der Waals surface area contributed by atoms with Crippen LogP contribution < -0.4 is 5.56 Å². The molecule has 138 valence electrons. The van der Waals surface area contributed by atoms with Gasteiger partial charge in [0, 0.05) is 0 Å². The smallest absolute Gasteiger partial charge is 0.266 e. The van der Waals surface area contributed by atoms with E-state index < -0.39 is 11.6 Å². The van der Waals surface area contributed by atoms with Crippen molar-refractivity contribution in [2.45, 2.75) is 0 Å². The fraction of sp³-hybridized carbons (Fsp3) is 0. The molecule has 0 saturated carbocycles. The Balaban J connectivity index is 1.95. The molecule has 0 saturated heterocycles. The average Bonchev–Trinajstić information content (AvgIpc) is 2.70. The minimum absolute atomic E-state index is 0.274. The van der Waals surface area contributed by atoms with E-state index in [1.807, 2.05) is 0 Å². The summed E-state index contributed by atoms with van der Waals surface area (Å²) in [5.74, 6) is -1.55. The topological polar surface area (TPSA) is 34.9 Å². The van der Waals surface area contributed by atoms with Crippen LogP contribution in [0.15, 0.2) is 71.5 Å². The molecule has 0 radical (unpaired) electrons. The van der Waals surface area contributed by atoms with Gasteiger partial charge >= 0.3 is 0 Å². The number of para-hydroxylation sites is 2. The van der Waals surface area contributed by atoms with Gasteiger partial charge < -0.3 is 0 Å². The van der Waals surface area contributed by atoms with Crippen molar-refractivity contribution in [3.8, 4) is 5.69 Å². The maximum absolute atomic E-state index is 13.5. The fourth-order valence-electron chi connectivity index (χ4n) is 2.91. The van der Waals surface area contributed by atoms with Gasteiger partial charge in [-0.05, 0) is 48.0 Å². The highest BCUT2D eigenvalue weighted by Crippen LogP contribution is 2.22. The van der Waals surface area contributed by atoms with Crippen molar-refractivity contribution in [1.82, 2.24) is 9.55 Å². The van der Waals surface area contributed by atoms with Crippen LogP contribution in [0.25, 0.3) is 28.7 Å². The predicted molar refractivity (Wildman–Crippen MR) is 108 cm³/mol. The molecule has 1 aromatic heterocycles. The second-order valence-corrected chi connectivity index (χ2v) is 6.49. The largest absolute Gasteiger partial charge is 0.268 e. The lowest BCUT2D eigenvalue weighted by atomic mass is 10.2. The second-order valence-electron chi connectivity index (χ2n) is 6.09. The van der Waals surface area contributed by atoms with Gasteiger partial charge in [0.15, 0.2) is 11.6 Å². The summed E-state index contributed by atoms with van der Waals surface area (Å²) in [5, 5.41) is 0.844. The lowest BCUT2D eigenvalue weighted by Crippen LogP contribution is -2.22. The van der Waals surface area contributed by atoms with Crippen LogP contribution in [0.2, 0.25) is 5.02 Å². The molecule has 0 unspecified atom stereocenters. The summed E-state index contributed by atoms with van der Waals surface area (Å²) in [4.78, 5) is 17.7. The summed E-state index contributed by atoms with van der Waals surface area (Å²) in [5.41, 5.74) is 1.17. The summed E-state index contributed by atoms with van der Waals surface area (Å²) in [6, 6.07) is 17.5. The van der Waals surface area contributed by atoms with Crippen molar-refractivity contribution in [2.24, 2.45) is 0 Å². The van der Waals surface area contributed by atoms with Gasteiger partial charge in [-0.25, -0.2) is 13.8 Å². The number of rotatable bonds is 3. The van der Waals surface area contributed by atoms with E-state index in [4.69, 9.17) is 11.6 Å². The molecule has 0 spiro atoms. The molecule has 0 bridgehead atoms. The molecule has 1 heterocycles. The van der Waals surface area contributed by atoms with Crippen molar-refractivity contribution < 1.29 is 8.78 Å². The Kier molecular flexibility index (Phi) is 4.75. The molecular formula is C22H13ClF2N2O. The van der Waals surface area contributed by atoms with E-state index in [1.165, 1.54) is 10.6 Å². The summed E-state index contributed by atoms with van der Waals surface area (Å²) >= 11 is 6.31. The van der Waals surface area contributed by atoms with E-state index in [0.29, 0.717) is 33.0 Å². The van der Waals surface area contributed by atoms with Crippen molar-refractivity contribution in [2.75, 3.05) is 0 Å². The third kappa shape index (κ3) is 3.32. The summed E-state index contributed by atoms with van der Waals surface area (Å²) < 4.78 is 28.0. The van der Waals surface area contributed by atoms with Crippen LogP contribution in [0.5, 0.6) is 0 Å². The number of hydrogen-bond donors (Lipinski definition) is 0. The minimum Gasteiger partial charge on any atom is -0.268 e. The maximum atomic E-state index is 13.5.